The van der Waals surface area contributed by atoms with Crippen LogP contribution in [0.25, 0.3) is 109 Å². The summed E-state index contributed by atoms with van der Waals surface area (Å²) >= 11 is 0. The van der Waals surface area contributed by atoms with Crippen LogP contribution in [0.1, 0.15) is 55.5 Å². The molecule has 0 saturated heterocycles. The number of nitrogens with zero attached hydrogens (tertiary/aromatic N) is 4. The first-order valence-corrected chi connectivity index (χ1v) is 23.4. The first-order valence-electron chi connectivity index (χ1n) is 23.4. The molecule has 0 spiro atoms. The van der Waals surface area contributed by atoms with Crippen molar-refractivity contribution in [3.05, 3.63) is 227 Å². The molecule has 2 heterocycles. The Balaban J connectivity index is 1.11. The summed E-state index contributed by atoms with van der Waals surface area (Å²) in [5.74, 6) is 0. The normalized spacial score (nSPS) is 14.1. The standard InChI is InChI=1S/C63H41F3N4/c1-61(2)48-19-11-7-15-40(48)42-27-31-55-57(59(42)61)44-17-9-13-21-52(44)69(55)38-25-29-50(67-5)46(35-38)47-33-36(39-26-24-37(63(64,65)66)34-51(39)68-6)23-30-54(47)70-53-22-14-10-18-45(53)58-56(70)32-28-43-41-16-8-12-20-49(41)62(3,4)60(43)58/h7-35H,1-4H3. The molecule has 7 heteroatoms. The van der Waals surface area contributed by atoms with Gasteiger partial charge in [0.25, 0.3) is 0 Å². The molecule has 11 aromatic rings. The van der Waals surface area contributed by atoms with E-state index in [2.05, 4.69) is 168 Å². The monoisotopic (exact) mass is 910 g/mol. The number of benzene rings is 9. The lowest BCUT2D eigenvalue weighted by molar-refractivity contribution is -0.137. The van der Waals surface area contributed by atoms with Crippen molar-refractivity contribution in [2.45, 2.75) is 44.7 Å². The maximum absolute atomic E-state index is 14.1. The molecule has 4 nitrogen and oxygen atoms in total. The fraction of sp³-hybridized carbons (Fsp3) is 0.111. The Morgan fingerprint density at radius 2 is 0.957 bits per heavy atom. The molecule has 2 aliphatic rings. The average molecular weight is 911 g/mol. The predicted molar refractivity (Wildman–Crippen MR) is 279 cm³/mol. The minimum Gasteiger partial charge on any atom is -0.309 e. The predicted octanol–water partition coefficient (Wildman–Crippen LogP) is 17.9. The number of fused-ring (bicyclic) bond motifs is 14. The van der Waals surface area contributed by atoms with Crippen LogP contribution in [0.4, 0.5) is 24.5 Å². The van der Waals surface area contributed by atoms with Crippen molar-refractivity contribution in [2.75, 3.05) is 0 Å². The maximum Gasteiger partial charge on any atom is 0.415 e. The quantitative estimate of drug-likeness (QED) is 0.157. The fourth-order valence-corrected chi connectivity index (χ4v) is 12.3. The van der Waals surface area contributed by atoms with Crippen molar-refractivity contribution in [3.63, 3.8) is 0 Å². The number of halogens is 3. The molecule has 0 saturated carbocycles. The lowest BCUT2D eigenvalue weighted by Crippen LogP contribution is -2.15. The van der Waals surface area contributed by atoms with Gasteiger partial charge in [-0.2, -0.15) is 13.2 Å². The van der Waals surface area contributed by atoms with E-state index in [-0.39, 0.29) is 16.5 Å². The highest BCUT2D eigenvalue weighted by molar-refractivity contribution is 6.16. The van der Waals surface area contributed by atoms with Crippen molar-refractivity contribution in [1.29, 1.82) is 0 Å². The average Bonchev–Trinajstić information content (AvgIpc) is 4.04. The number of rotatable bonds is 4. The van der Waals surface area contributed by atoms with Gasteiger partial charge in [-0.1, -0.05) is 149 Å². The lowest BCUT2D eigenvalue weighted by atomic mass is 9.80. The van der Waals surface area contributed by atoms with Crippen molar-refractivity contribution < 1.29 is 13.2 Å². The molecule has 2 aromatic heterocycles. The van der Waals surface area contributed by atoms with Gasteiger partial charge < -0.3 is 9.13 Å². The highest BCUT2D eigenvalue weighted by atomic mass is 19.4. The summed E-state index contributed by atoms with van der Waals surface area (Å²) in [5, 5.41) is 4.55. The molecule has 2 aliphatic carbocycles. The highest BCUT2D eigenvalue weighted by Crippen LogP contribution is 2.56. The summed E-state index contributed by atoms with van der Waals surface area (Å²) in [7, 11) is 0. The van der Waals surface area contributed by atoms with Crippen molar-refractivity contribution in [2.24, 2.45) is 0 Å². The van der Waals surface area contributed by atoms with Crippen LogP contribution >= 0.6 is 0 Å². The molecule has 70 heavy (non-hydrogen) atoms. The van der Waals surface area contributed by atoms with E-state index in [1.54, 1.807) is 0 Å². The molecule has 0 fully saturated rings. The summed E-state index contributed by atoms with van der Waals surface area (Å²) in [6.07, 6.45) is -4.61. The van der Waals surface area contributed by atoms with Gasteiger partial charge in [-0.05, 0) is 121 Å². The Morgan fingerprint density at radius 1 is 0.429 bits per heavy atom. The largest absolute Gasteiger partial charge is 0.415 e. The van der Waals surface area contributed by atoms with E-state index >= 15 is 0 Å². The first kappa shape index (κ1) is 41.5. The number of alkyl halides is 3. The second kappa shape index (κ2) is 14.4. The Labute approximate surface area is 402 Å². The number of hydrogen-bond acceptors (Lipinski definition) is 0. The molecule has 13 rings (SSSR count). The van der Waals surface area contributed by atoms with Gasteiger partial charge in [0, 0.05) is 43.6 Å². The summed E-state index contributed by atoms with van der Waals surface area (Å²) in [5.41, 5.74) is 16.8. The maximum atomic E-state index is 14.1. The Morgan fingerprint density at radius 3 is 1.54 bits per heavy atom. The van der Waals surface area contributed by atoms with Crippen LogP contribution in [0, 0.1) is 13.1 Å². The summed E-state index contributed by atoms with van der Waals surface area (Å²) < 4.78 is 46.7. The molecule has 334 valence electrons. The van der Waals surface area contributed by atoms with E-state index in [9.17, 15) is 13.2 Å². The first-order chi connectivity index (χ1) is 33.8. The zero-order valence-electron chi connectivity index (χ0n) is 38.7. The minimum absolute atomic E-state index is 0.107. The third-order valence-electron chi connectivity index (χ3n) is 15.4. The smallest absolute Gasteiger partial charge is 0.309 e. The molecule has 0 amide bonds. The van der Waals surface area contributed by atoms with E-state index in [1.807, 2.05) is 36.4 Å². The van der Waals surface area contributed by atoms with E-state index < -0.39 is 11.7 Å². The van der Waals surface area contributed by atoms with E-state index in [0.717, 1.165) is 61.7 Å². The van der Waals surface area contributed by atoms with Gasteiger partial charge >= 0.3 is 6.18 Å². The van der Waals surface area contributed by atoms with Crippen LogP contribution in [0.5, 0.6) is 0 Å². The van der Waals surface area contributed by atoms with Crippen molar-refractivity contribution in [3.8, 4) is 55.9 Å². The van der Waals surface area contributed by atoms with Gasteiger partial charge in [0.05, 0.1) is 40.9 Å². The Hall–Kier alpha value is -8.65. The third-order valence-corrected chi connectivity index (χ3v) is 15.4. The lowest BCUT2D eigenvalue weighted by Gasteiger charge is -2.23. The number of para-hydroxylation sites is 2. The van der Waals surface area contributed by atoms with Crippen LogP contribution in [0.3, 0.4) is 0 Å². The number of aromatic nitrogens is 2. The summed E-state index contributed by atoms with van der Waals surface area (Å²) in [4.78, 5) is 7.77. The van der Waals surface area contributed by atoms with E-state index in [4.69, 9.17) is 13.1 Å². The third kappa shape index (κ3) is 5.58. The van der Waals surface area contributed by atoms with Crippen LogP contribution < -0.4 is 0 Å². The molecule has 0 atom stereocenters. The number of hydrogen-bond donors (Lipinski definition) is 0. The minimum atomic E-state index is -4.61. The van der Waals surface area contributed by atoms with Crippen LogP contribution in [0.2, 0.25) is 0 Å². The molecular weight excluding hydrogens is 870 g/mol. The highest BCUT2D eigenvalue weighted by Gasteiger charge is 2.40. The summed E-state index contributed by atoms with van der Waals surface area (Å²) in [6.45, 7) is 25.9. The summed E-state index contributed by atoms with van der Waals surface area (Å²) in [6, 6.07) is 58.2. The van der Waals surface area contributed by atoms with Crippen LogP contribution in [-0.4, -0.2) is 9.13 Å². The molecule has 0 radical (unpaired) electrons. The van der Waals surface area contributed by atoms with Gasteiger partial charge in [0.15, 0.2) is 11.4 Å². The zero-order chi connectivity index (χ0) is 48.0. The van der Waals surface area contributed by atoms with Gasteiger partial charge in [-0.15, -0.1) is 0 Å². The van der Waals surface area contributed by atoms with Crippen molar-refractivity contribution in [1.82, 2.24) is 9.13 Å². The van der Waals surface area contributed by atoms with Gasteiger partial charge in [-0.25, -0.2) is 9.69 Å². The van der Waals surface area contributed by atoms with Gasteiger partial charge in [0.1, 0.15) is 0 Å². The SMILES string of the molecule is [C-]#[N+]c1cc(C(F)(F)F)ccc1-c1ccc(-n2c3ccccc3c3c4c(ccc32)-c2ccccc2C4(C)C)c(-c2cc(-n3c4ccccc4c4c5c(ccc43)-c3ccccc3C5(C)C)ccc2[N+]#[C-])c1. The Kier molecular flexibility index (Phi) is 8.56. The van der Waals surface area contributed by atoms with Gasteiger partial charge in [0.2, 0.25) is 0 Å². The molecular formula is C63H41F3N4. The van der Waals surface area contributed by atoms with Crippen molar-refractivity contribution >= 4 is 55.0 Å². The van der Waals surface area contributed by atoms with Crippen LogP contribution in [0.15, 0.2) is 176 Å². The second-order valence-corrected chi connectivity index (χ2v) is 19.7. The Bertz CT molecular complexity index is 4200. The van der Waals surface area contributed by atoms with Gasteiger partial charge in [-0.3, -0.25) is 0 Å². The molecule has 9 aromatic carbocycles. The van der Waals surface area contributed by atoms with Crippen LogP contribution in [-0.2, 0) is 17.0 Å². The molecule has 0 N–H and O–H groups in total. The zero-order valence-corrected chi connectivity index (χ0v) is 38.7. The molecule has 0 unspecified atom stereocenters. The fourth-order valence-electron chi connectivity index (χ4n) is 12.3. The van der Waals surface area contributed by atoms with E-state index in [1.165, 1.54) is 56.0 Å². The molecule has 0 bridgehead atoms. The second-order valence-electron chi connectivity index (χ2n) is 19.7. The van der Waals surface area contributed by atoms with E-state index in [0.29, 0.717) is 27.9 Å². The topological polar surface area (TPSA) is 18.6 Å². The molecule has 0 aliphatic heterocycles.